The van der Waals surface area contributed by atoms with Gasteiger partial charge in [-0.3, -0.25) is 4.79 Å². The number of carbonyl (C=O) groups is 1. The third-order valence-electron chi connectivity index (χ3n) is 5.90. The van der Waals surface area contributed by atoms with Crippen LogP contribution in [0, 0.1) is 5.82 Å². The number of fused-ring (bicyclic) bond motifs is 1. The van der Waals surface area contributed by atoms with Crippen LogP contribution in [0.2, 0.25) is 0 Å². The minimum absolute atomic E-state index is 0.0604. The molecule has 5 nitrogen and oxygen atoms in total. The van der Waals surface area contributed by atoms with Crippen LogP contribution in [0.4, 0.5) is 4.39 Å². The van der Waals surface area contributed by atoms with Crippen molar-refractivity contribution in [1.29, 1.82) is 0 Å². The Morgan fingerprint density at radius 2 is 1.75 bits per heavy atom. The first-order chi connectivity index (χ1) is 17.2. The van der Waals surface area contributed by atoms with Crippen LogP contribution in [0.3, 0.4) is 0 Å². The summed E-state index contributed by atoms with van der Waals surface area (Å²) >= 11 is 1.59. The van der Waals surface area contributed by atoms with Crippen LogP contribution in [-0.2, 0) is 4.79 Å². The molecule has 36 heavy (non-hydrogen) atoms. The molecule has 2 heterocycles. The Kier molecular flexibility index (Phi) is 7.94. The van der Waals surface area contributed by atoms with Gasteiger partial charge >= 0.3 is 5.97 Å². The topological polar surface area (TPSA) is 90.7 Å². The van der Waals surface area contributed by atoms with Crippen molar-refractivity contribution in [2.45, 2.75) is 44.8 Å². The predicted molar refractivity (Wildman–Crippen MR) is 142 cm³/mol. The van der Waals surface area contributed by atoms with Crippen LogP contribution >= 0.6 is 11.3 Å². The molecule has 2 aromatic carbocycles. The molecular formula is C29H28FNO4S. The Labute approximate surface area is 213 Å². The van der Waals surface area contributed by atoms with Crippen molar-refractivity contribution in [2.24, 2.45) is 0 Å². The zero-order valence-electron chi connectivity index (χ0n) is 20.1. The van der Waals surface area contributed by atoms with Crippen molar-refractivity contribution in [2.75, 3.05) is 0 Å². The van der Waals surface area contributed by atoms with E-state index in [1.807, 2.05) is 44.2 Å². The zero-order chi connectivity index (χ0) is 25.8. The standard InChI is InChI=1S/C29H28FNO4S/c1-17(2)28-23(13-12-21(32)14-22(33)15-26(34)35)27(19-8-10-20(30)11-9-19)24-16-25(36-29(24)31-28)18-6-4-3-5-7-18/h3-13,16-17,21-22,32-33H,14-15H2,1-2H3,(H,34,35)/b13-12+. The van der Waals surface area contributed by atoms with Crippen molar-refractivity contribution < 1.29 is 24.5 Å². The van der Waals surface area contributed by atoms with E-state index in [2.05, 4.69) is 6.07 Å². The third kappa shape index (κ3) is 5.87. The van der Waals surface area contributed by atoms with Gasteiger partial charge < -0.3 is 15.3 Å². The molecule has 186 valence electrons. The zero-order valence-corrected chi connectivity index (χ0v) is 20.9. The maximum atomic E-state index is 13.8. The van der Waals surface area contributed by atoms with E-state index in [4.69, 9.17) is 10.1 Å². The summed E-state index contributed by atoms with van der Waals surface area (Å²) in [5, 5.41) is 30.2. The molecule has 0 spiro atoms. The average molecular weight is 506 g/mol. The number of rotatable bonds is 9. The highest BCUT2D eigenvalue weighted by atomic mass is 32.1. The number of carboxylic acids is 1. The van der Waals surface area contributed by atoms with Gasteiger partial charge in [-0.2, -0.15) is 0 Å². The van der Waals surface area contributed by atoms with E-state index in [0.29, 0.717) is 0 Å². The number of benzene rings is 2. The number of hydrogen-bond acceptors (Lipinski definition) is 5. The van der Waals surface area contributed by atoms with E-state index in [1.165, 1.54) is 12.1 Å². The van der Waals surface area contributed by atoms with E-state index in [1.54, 1.807) is 35.6 Å². The van der Waals surface area contributed by atoms with Crippen LogP contribution < -0.4 is 0 Å². The van der Waals surface area contributed by atoms with Crippen LogP contribution in [-0.4, -0.2) is 38.5 Å². The van der Waals surface area contributed by atoms with Crippen molar-refractivity contribution in [3.05, 3.63) is 83.8 Å². The van der Waals surface area contributed by atoms with Crippen LogP contribution in [0.1, 0.15) is 43.9 Å². The van der Waals surface area contributed by atoms with Gasteiger partial charge in [0.05, 0.1) is 24.3 Å². The molecule has 0 aliphatic heterocycles. The number of nitrogens with zero attached hydrogens (tertiary/aromatic N) is 1. The minimum atomic E-state index is -1.16. The lowest BCUT2D eigenvalue weighted by Gasteiger charge is -2.17. The summed E-state index contributed by atoms with van der Waals surface area (Å²) in [6.45, 7) is 4.08. The number of pyridine rings is 1. The normalized spacial score (nSPS) is 13.5. The molecule has 2 aromatic heterocycles. The van der Waals surface area contributed by atoms with Crippen LogP contribution in [0.15, 0.2) is 66.7 Å². The minimum Gasteiger partial charge on any atom is -0.481 e. The summed E-state index contributed by atoms with van der Waals surface area (Å²) in [5.74, 6) is -1.39. The predicted octanol–water partition coefficient (Wildman–Crippen LogP) is 6.49. The molecule has 0 bridgehead atoms. The number of aromatic nitrogens is 1. The number of thiophene rings is 1. The van der Waals surface area contributed by atoms with Gasteiger partial charge in [0.2, 0.25) is 0 Å². The molecular weight excluding hydrogens is 477 g/mol. The Bertz CT molecular complexity index is 1380. The van der Waals surface area contributed by atoms with Gasteiger partial charge in [0.25, 0.3) is 0 Å². The van der Waals surface area contributed by atoms with E-state index in [9.17, 15) is 19.4 Å². The van der Waals surface area contributed by atoms with Gasteiger partial charge in [-0.15, -0.1) is 11.3 Å². The molecule has 0 saturated carbocycles. The molecule has 2 atom stereocenters. The molecule has 2 unspecified atom stereocenters. The van der Waals surface area contributed by atoms with Crippen molar-refractivity contribution in [3.63, 3.8) is 0 Å². The molecule has 0 fully saturated rings. The summed E-state index contributed by atoms with van der Waals surface area (Å²) in [4.78, 5) is 17.8. The van der Waals surface area contributed by atoms with E-state index in [0.717, 1.165) is 43.0 Å². The Hall–Kier alpha value is -3.39. The summed E-state index contributed by atoms with van der Waals surface area (Å²) in [5.41, 5.74) is 4.42. The van der Waals surface area contributed by atoms with Gasteiger partial charge in [-0.25, -0.2) is 9.37 Å². The lowest BCUT2D eigenvalue weighted by Crippen LogP contribution is -2.19. The number of aliphatic carboxylic acids is 1. The number of carboxylic acid groups (broad SMARTS) is 1. The SMILES string of the molecule is CC(C)c1nc2sc(-c3ccccc3)cc2c(-c2ccc(F)cc2)c1/C=C/C(O)CC(O)CC(=O)O. The maximum Gasteiger partial charge on any atom is 0.305 e. The summed E-state index contributed by atoms with van der Waals surface area (Å²) < 4.78 is 13.8. The highest BCUT2D eigenvalue weighted by Gasteiger charge is 2.20. The van der Waals surface area contributed by atoms with Gasteiger partial charge in [-0.1, -0.05) is 68.5 Å². The molecule has 4 aromatic rings. The lowest BCUT2D eigenvalue weighted by atomic mass is 9.91. The summed E-state index contributed by atoms with van der Waals surface area (Å²) in [6.07, 6.45) is 0.592. The highest BCUT2D eigenvalue weighted by Crippen LogP contribution is 2.42. The second kappa shape index (κ2) is 11.1. The summed E-state index contributed by atoms with van der Waals surface area (Å²) in [6, 6.07) is 18.4. The number of halogens is 1. The molecule has 0 aliphatic rings. The summed E-state index contributed by atoms with van der Waals surface area (Å²) in [7, 11) is 0. The van der Waals surface area contributed by atoms with Gasteiger partial charge in [0, 0.05) is 27.8 Å². The number of aliphatic hydroxyl groups excluding tert-OH is 2. The van der Waals surface area contributed by atoms with Crippen molar-refractivity contribution >= 4 is 33.6 Å². The molecule has 7 heteroatoms. The first kappa shape index (κ1) is 25.7. The highest BCUT2D eigenvalue weighted by molar-refractivity contribution is 7.22. The molecule has 4 rings (SSSR count). The van der Waals surface area contributed by atoms with Crippen molar-refractivity contribution in [1.82, 2.24) is 4.98 Å². The fourth-order valence-corrected chi connectivity index (χ4v) is 5.27. The van der Waals surface area contributed by atoms with Gasteiger partial charge in [0.1, 0.15) is 10.6 Å². The van der Waals surface area contributed by atoms with Crippen molar-refractivity contribution in [3.8, 4) is 21.6 Å². The third-order valence-corrected chi connectivity index (χ3v) is 6.97. The second-order valence-corrected chi connectivity index (χ2v) is 10.1. The van der Waals surface area contributed by atoms with E-state index >= 15 is 0 Å². The molecule has 0 saturated heterocycles. The Balaban J connectivity index is 1.88. The van der Waals surface area contributed by atoms with Gasteiger partial charge in [0.15, 0.2) is 0 Å². The van der Waals surface area contributed by atoms with E-state index in [-0.39, 0.29) is 18.2 Å². The monoisotopic (exact) mass is 505 g/mol. The Morgan fingerprint density at radius 1 is 1.06 bits per heavy atom. The first-order valence-electron chi connectivity index (χ1n) is 11.8. The Morgan fingerprint density at radius 3 is 2.39 bits per heavy atom. The fourth-order valence-electron chi connectivity index (χ4n) is 4.22. The average Bonchev–Trinajstić information content (AvgIpc) is 3.26. The molecule has 3 N–H and O–H groups in total. The molecule has 0 aliphatic carbocycles. The quantitative estimate of drug-likeness (QED) is 0.242. The van der Waals surface area contributed by atoms with Crippen LogP contribution in [0.5, 0.6) is 0 Å². The number of aliphatic hydroxyl groups is 2. The lowest BCUT2D eigenvalue weighted by molar-refractivity contribution is -0.139. The van der Waals surface area contributed by atoms with Crippen LogP contribution in [0.25, 0.3) is 37.9 Å². The second-order valence-electron chi connectivity index (χ2n) is 9.06. The number of hydrogen-bond donors (Lipinski definition) is 3. The fraction of sp³-hybridized carbons (Fsp3) is 0.241. The first-order valence-corrected chi connectivity index (χ1v) is 12.6. The maximum absolute atomic E-state index is 13.8. The molecule has 0 radical (unpaired) electrons. The van der Waals surface area contributed by atoms with Gasteiger partial charge in [-0.05, 0) is 35.2 Å². The van der Waals surface area contributed by atoms with E-state index < -0.39 is 24.6 Å². The smallest absolute Gasteiger partial charge is 0.305 e. The molecule has 0 amide bonds. The largest absolute Gasteiger partial charge is 0.481 e.